The Morgan fingerprint density at radius 3 is 2.60 bits per heavy atom. The molecule has 3 heteroatoms. The van der Waals surface area contributed by atoms with Crippen molar-refractivity contribution in [3.05, 3.63) is 29.2 Å². The highest BCUT2D eigenvalue weighted by atomic mass is 16.3. The van der Waals surface area contributed by atoms with E-state index in [0.717, 1.165) is 19.3 Å². The molecule has 108 valence electrons. The normalized spacial score (nSPS) is 38.9. The molecule has 0 radical (unpaired) electrons. The van der Waals surface area contributed by atoms with E-state index in [0.29, 0.717) is 0 Å². The van der Waals surface area contributed by atoms with Gasteiger partial charge < -0.3 is 5.11 Å². The molecule has 0 aliphatic heterocycles. The van der Waals surface area contributed by atoms with E-state index in [2.05, 4.69) is 37.8 Å². The Morgan fingerprint density at radius 1 is 1.30 bits per heavy atom. The monoisotopic (exact) mass is 273 g/mol. The van der Waals surface area contributed by atoms with Crippen LogP contribution < -0.4 is 0 Å². The van der Waals surface area contributed by atoms with Gasteiger partial charge in [-0.15, -0.1) is 4.91 Å². The summed E-state index contributed by atoms with van der Waals surface area (Å²) in [4.78, 5) is 11.6. The summed E-state index contributed by atoms with van der Waals surface area (Å²) >= 11 is 0. The third kappa shape index (κ3) is 2.45. The van der Waals surface area contributed by atoms with Crippen LogP contribution in [0.4, 0.5) is 0 Å². The first kappa shape index (κ1) is 15.0. The summed E-state index contributed by atoms with van der Waals surface area (Å²) in [5.74, 6) is 6.14. The summed E-state index contributed by atoms with van der Waals surface area (Å²) in [6.07, 6.45) is 9.73. The van der Waals surface area contributed by atoms with Crippen LogP contribution >= 0.6 is 0 Å². The number of allylic oxidation sites excluding steroid dienone is 2. The number of aliphatic hydroxyl groups is 1. The number of hydrogen-bond acceptors (Lipinski definition) is 3. The fraction of sp³-hybridized carbons (Fsp3) is 0.647. The number of nitrogens with zero attached hydrogens (tertiary/aromatic N) is 1. The van der Waals surface area contributed by atoms with Crippen LogP contribution in [0.2, 0.25) is 0 Å². The van der Waals surface area contributed by atoms with E-state index in [-0.39, 0.29) is 17.3 Å². The quantitative estimate of drug-likeness (QED) is 0.587. The Kier molecular flexibility index (Phi) is 4.15. The number of aliphatic hydroxyl groups excluding tert-OH is 1. The summed E-state index contributed by atoms with van der Waals surface area (Å²) < 4.78 is 0. The Morgan fingerprint density at radius 2 is 2.00 bits per heavy atom. The van der Waals surface area contributed by atoms with Crippen LogP contribution in [-0.4, -0.2) is 16.7 Å². The number of hydrogen-bond donors (Lipinski definition) is 1. The average molecular weight is 273 g/mol. The number of rotatable bonds is 1. The Bertz CT molecular complexity index is 495. The fourth-order valence-corrected chi connectivity index (χ4v) is 3.37. The smallest absolute Gasteiger partial charge is 0.170 e. The second-order valence-electron chi connectivity index (χ2n) is 6.59. The van der Waals surface area contributed by atoms with Gasteiger partial charge >= 0.3 is 0 Å². The van der Waals surface area contributed by atoms with Gasteiger partial charge in [-0.25, -0.2) is 0 Å². The molecular formula is C17H23NO2. The lowest BCUT2D eigenvalue weighted by molar-refractivity contribution is 0.0958. The topological polar surface area (TPSA) is 49.7 Å². The average Bonchev–Trinajstić information content (AvgIpc) is 2.40. The maximum atomic E-state index is 11.6. The summed E-state index contributed by atoms with van der Waals surface area (Å²) in [7, 11) is 0. The predicted octanol–water partition coefficient (Wildman–Crippen LogP) is 3.44. The van der Waals surface area contributed by atoms with Crippen LogP contribution in [-0.2, 0) is 0 Å². The standard InChI is InChI=1S/C17H23NO2/c1-13-7-6-11-16(2,3)17(13,18-20)12-10-14-8-4-5-9-15(14)19/h4-5,8-9,13-15,19H,6-7,11H2,1-3H3. The molecule has 4 atom stereocenters. The minimum Gasteiger partial charge on any atom is -0.387 e. The largest absolute Gasteiger partial charge is 0.387 e. The van der Waals surface area contributed by atoms with Crippen LogP contribution in [0, 0.1) is 34.0 Å². The van der Waals surface area contributed by atoms with Crippen molar-refractivity contribution in [2.45, 2.75) is 51.7 Å². The van der Waals surface area contributed by atoms with Crippen LogP contribution in [0.3, 0.4) is 0 Å². The van der Waals surface area contributed by atoms with Crippen molar-refractivity contribution < 1.29 is 5.11 Å². The zero-order valence-electron chi connectivity index (χ0n) is 12.5. The molecule has 0 aromatic rings. The number of nitroso groups, excluding NO2 is 1. The summed E-state index contributed by atoms with van der Waals surface area (Å²) in [6, 6.07) is 0. The van der Waals surface area contributed by atoms with E-state index < -0.39 is 11.6 Å². The van der Waals surface area contributed by atoms with Gasteiger partial charge in [-0.2, -0.15) is 0 Å². The molecule has 0 spiro atoms. The summed E-state index contributed by atoms with van der Waals surface area (Å²) in [5.41, 5.74) is -1.07. The van der Waals surface area contributed by atoms with Crippen LogP contribution in [0.15, 0.2) is 29.5 Å². The van der Waals surface area contributed by atoms with Crippen LogP contribution in [0.25, 0.3) is 0 Å². The van der Waals surface area contributed by atoms with E-state index >= 15 is 0 Å². The molecule has 0 heterocycles. The molecule has 0 amide bonds. The molecule has 1 N–H and O–H groups in total. The minimum absolute atomic E-state index is 0.150. The highest BCUT2D eigenvalue weighted by Crippen LogP contribution is 2.49. The van der Waals surface area contributed by atoms with Gasteiger partial charge in [0.1, 0.15) is 0 Å². The van der Waals surface area contributed by atoms with Crippen LogP contribution in [0.1, 0.15) is 40.0 Å². The minimum atomic E-state index is -0.847. The van der Waals surface area contributed by atoms with Gasteiger partial charge in [0.15, 0.2) is 5.54 Å². The van der Waals surface area contributed by atoms with Gasteiger partial charge in [-0.1, -0.05) is 63.3 Å². The second kappa shape index (κ2) is 5.54. The molecule has 2 rings (SSSR count). The lowest BCUT2D eigenvalue weighted by atomic mass is 9.59. The zero-order valence-corrected chi connectivity index (χ0v) is 12.5. The first-order chi connectivity index (χ1) is 9.43. The van der Waals surface area contributed by atoms with Gasteiger partial charge in [0, 0.05) is 5.41 Å². The lowest BCUT2D eigenvalue weighted by Gasteiger charge is -2.45. The van der Waals surface area contributed by atoms with E-state index in [9.17, 15) is 10.0 Å². The van der Waals surface area contributed by atoms with E-state index in [4.69, 9.17) is 0 Å². The molecular weight excluding hydrogens is 250 g/mol. The maximum Gasteiger partial charge on any atom is 0.170 e. The molecule has 1 fully saturated rings. The molecule has 0 aromatic heterocycles. The van der Waals surface area contributed by atoms with Crippen molar-refractivity contribution in [2.75, 3.05) is 0 Å². The van der Waals surface area contributed by atoms with Gasteiger partial charge in [-0.3, -0.25) is 0 Å². The van der Waals surface area contributed by atoms with E-state index in [1.54, 1.807) is 6.08 Å². The molecule has 20 heavy (non-hydrogen) atoms. The summed E-state index contributed by atoms with van der Waals surface area (Å²) in [5, 5.41) is 13.4. The molecule has 2 aliphatic rings. The van der Waals surface area contributed by atoms with Crippen molar-refractivity contribution in [3.8, 4) is 11.8 Å². The Balaban J connectivity index is 2.34. The molecule has 3 nitrogen and oxygen atoms in total. The van der Waals surface area contributed by atoms with Crippen molar-refractivity contribution in [2.24, 2.45) is 22.4 Å². The third-order valence-electron chi connectivity index (χ3n) is 4.86. The Hall–Kier alpha value is -1.40. The first-order valence-corrected chi connectivity index (χ1v) is 7.33. The van der Waals surface area contributed by atoms with Gasteiger partial charge in [0.05, 0.1) is 12.0 Å². The highest BCUT2D eigenvalue weighted by molar-refractivity contribution is 5.31. The predicted molar refractivity (Wildman–Crippen MR) is 80.9 cm³/mol. The third-order valence-corrected chi connectivity index (χ3v) is 4.86. The fourth-order valence-electron chi connectivity index (χ4n) is 3.37. The highest BCUT2D eigenvalue weighted by Gasteiger charge is 2.52. The van der Waals surface area contributed by atoms with E-state index in [1.807, 2.05) is 18.2 Å². The van der Waals surface area contributed by atoms with Crippen molar-refractivity contribution in [3.63, 3.8) is 0 Å². The summed E-state index contributed by atoms with van der Waals surface area (Å²) in [6.45, 7) is 6.21. The molecule has 0 saturated heterocycles. The van der Waals surface area contributed by atoms with Crippen molar-refractivity contribution in [1.82, 2.24) is 0 Å². The second-order valence-corrected chi connectivity index (χ2v) is 6.59. The first-order valence-electron chi connectivity index (χ1n) is 7.33. The zero-order chi connectivity index (χ0) is 14.8. The van der Waals surface area contributed by atoms with Gasteiger partial charge in [0.25, 0.3) is 0 Å². The SMILES string of the molecule is CC1CCCC(C)(C)C1(C#CC1C=CC=CC1O)N=O. The maximum absolute atomic E-state index is 11.6. The van der Waals surface area contributed by atoms with Crippen molar-refractivity contribution in [1.29, 1.82) is 0 Å². The molecule has 1 saturated carbocycles. The molecule has 0 aromatic carbocycles. The van der Waals surface area contributed by atoms with Crippen LogP contribution in [0.5, 0.6) is 0 Å². The van der Waals surface area contributed by atoms with Gasteiger partial charge in [-0.05, 0) is 23.9 Å². The Labute approximate surface area is 121 Å². The molecule has 0 bridgehead atoms. The van der Waals surface area contributed by atoms with Gasteiger partial charge in [0.2, 0.25) is 0 Å². The lowest BCUT2D eigenvalue weighted by Crippen LogP contribution is -2.49. The molecule has 4 unspecified atom stereocenters. The molecule has 2 aliphatic carbocycles. The van der Waals surface area contributed by atoms with E-state index in [1.165, 1.54) is 0 Å². The van der Waals surface area contributed by atoms with Crippen molar-refractivity contribution >= 4 is 0 Å².